The van der Waals surface area contributed by atoms with Gasteiger partial charge in [-0.1, -0.05) is 11.6 Å². The molecule has 112 valence electrons. The fraction of sp³-hybridized carbons (Fsp3) is 0.467. The number of hydrogen-bond acceptors (Lipinski definition) is 3. The van der Waals surface area contributed by atoms with Crippen LogP contribution < -0.4 is 10.9 Å². The van der Waals surface area contributed by atoms with Gasteiger partial charge in [0.2, 0.25) is 0 Å². The zero-order chi connectivity index (χ0) is 15.1. The summed E-state index contributed by atoms with van der Waals surface area (Å²) < 4.78 is 3.53. The van der Waals surface area contributed by atoms with Crippen LogP contribution in [0.15, 0.2) is 23.3 Å². The molecule has 2 heterocycles. The second-order valence-electron chi connectivity index (χ2n) is 5.86. The van der Waals surface area contributed by atoms with E-state index in [-0.39, 0.29) is 11.6 Å². The van der Waals surface area contributed by atoms with E-state index in [0.717, 1.165) is 24.2 Å². The van der Waals surface area contributed by atoms with Gasteiger partial charge in [0.1, 0.15) is 5.69 Å². The van der Waals surface area contributed by atoms with Crippen molar-refractivity contribution >= 4 is 17.3 Å². The average Bonchev–Trinajstić information content (AvgIpc) is 3.17. The van der Waals surface area contributed by atoms with Crippen molar-refractivity contribution in [3.63, 3.8) is 0 Å². The molecule has 0 amide bonds. The molecular weight excluding hydrogens is 288 g/mol. The molecule has 1 aliphatic rings. The van der Waals surface area contributed by atoms with Gasteiger partial charge in [-0.2, -0.15) is 5.10 Å². The van der Waals surface area contributed by atoms with Crippen molar-refractivity contribution in [2.75, 3.05) is 5.32 Å². The summed E-state index contributed by atoms with van der Waals surface area (Å²) in [4.78, 5) is 12.6. The highest BCUT2D eigenvalue weighted by Crippen LogP contribution is 2.35. The van der Waals surface area contributed by atoms with E-state index in [2.05, 4.69) is 10.4 Å². The van der Waals surface area contributed by atoms with Crippen molar-refractivity contribution in [1.29, 1.82) is 0 Å². The molecule has 5 nitrogen and oxygen atoms in total. The van der Waals surface area contributed by atoms with Gasteiger partial charge in [-0.05, 0) is 39.7 Å². The first-order chi connectivity index (χ1) is 9.95. The van der Waals surface area contributed by atoms with E-state index in [1.54, 1.807) is 16.8 Å². The second-order valence-corrected chi connectivity index (χ2v) is 6.29. The molecule has 1 aliphatic carbocycles. The standard InChI is InChI=1S/C15H19ClN4O/c1-9(2)17-13-6-11(16)7-19(15(13)21)14-8-20(12-4-5-12)18-10(14)3/h6-9,12,17H,4-5H2,1-3H3. The Kier molecular flexibility index (Phi) is 3.53. The topological polar surface area (TPSA) is 51.9 Å². The Morgan fingerprint density at radius 2 is 2.10 bits per heavy atom. The largest absolute Gasteiger partial charge is 0.378 e. The SMILES string of the molecule is Cc1nn(C2CC2)cc1-n1cc(Cl)cc(NC(C)C)c1=O. The Morgan fingerprint density at radius 1 is 1.38 bits per heavy atom. The minimum atomic E-state index is -0.105. The van der Waals surface area contributed by atoms with E-state index in [9.17, 15) is 4.79 Å². The zero-order valence-electron chi connectivity index (χ0n) is 12.4. The Balaban J connectivity index is 2.09. The van der Waals surface area contributed by atoms with Gasteiger partial charge in [0.15, 0.2) is 0 Å². The summed E-state index contributed by atoms with van der Waals surface area (Å²) in [5.41, 5.74) is 2.03. The van der Waals surface area contributed by atoms with Crippen molar-refractivity contribution in [2.24, 2.45) is 0 Å². The van der Waals surface area contributed by atoms with Crippen LogP contribution in [0.4, 0.5) is 5.69 Å². The maximum Gasteiger partial charge on any atom is 0.278 e. The smallest absolute Gasteiger partial charge is 0.278 e. The first kappa shape index (κ1) is 14.2. The number of rotatable bonds is 4. The quantitative estimate of drug-likeness (QED) is 0.944. The maximum atomic E-state index is 12.6. The highest BCUT2D eigenvalue weighted by molar-refractivity contribution is 6.30. The third-order valence-corrected chi connectivity index (χ3v) is 3.71. The van der Waals surface area contributed by atoms with Crippen LogP contribution >= 0.6 is 11.6 Å². The van der Waals surface area contributed by atoms with Gasteiger partial charge in [0.25, 0.3) is 5.56 Å². The molecule has 0 aliphatic heterocycles. The molecular formula is C15H19ClN4O. The van der Waals surface area contributed by atoms with Crippen LogP contribution in [0.1, 0.15) is 38.4 Å². The number of hydrogen-bond donors (Lipinski definition) is 1. The number of halogens is 1. The van der Waals surface area contributed by atoms with E-state index in [0.29, 0.717) is 16.8 Å². The molecule has 3 rings (SSSR count). The minimum Gasteiger partial charge on any atom is -0.378 e. The highest BCUT2D eigenvalue weighted by atomic mass is 35.5. The molecule has 2 aromatic rings. The predicted molar refractivity (Wildman–Crippen MR) is 84.6 cm³/mol. The van der Waals surface area contributed by atoms with Crippen molar-refractivity contribution in [3.05, 3.63) is 39.5 Å². The van der Waals surface area contributed by atoms with E-state index in [4.69, 9.17) is 11.6 Å². The molecule has 0 atom stereocenters. The van der Waals surface area contributed by atoms with Crippen LogP contribution in [-0.2, 0) is 0 Å². The van der Waals surface area contributed by atoms with Crippen molar-refractivity contribution in [1.82, 2.24) is 14.3 Å². The van der Waals surface area contributed by atoms with Crippen molar-refractivity contribution < 1.29 is 0 Å². The predicted octanol–water partition coefficient (Wildman–Crippen LogP) is 3.15. The Morgan fingerprint density at radius 3 is 2.71 bits per heavy atom. The number of nitrogens with one attached hydrogen (secondary N) is 1. The number of aryl methyl sites for hydroxylation is 1. The van der Waals surface area contributed by atoms with Gasteiger partial charge in [0, 0.05) is 18.4 Å². The lowest BCUT2D eigenvalue weighted by Gasteiger charge is -2.12. The molecule has 6 heteroatoms. The minimum absolute atomic E-state index is 0.105. The Labute approximate surface area is 128 Å². The van der Waals surface area contributed by atoms with Crippen LogP contribution in [0.25, 0.3) is 5.69 Å². The lowest BCUT2D eigenvalue weighted by molar-refractivity contribution is 0.635. The van der Waals surface area contributed by atoms with Crippen LogP contribution in [-0.4, -0.2) is 20.4 Å². The van der Waals surface area contributed by atoms with Gasteiger partial charge < -0.3 is 5.32 Å². The van der Waals surface area contributed by atoms with Crippen molar-refractivity contribution in [3.8, 4) is 5.69 Å². The van der Waals surface area contributed by atoms with Gasteiger partial charge in [-0.3, -0.25) is 14.0 Å². The molecule has 1 fully saturated rings. The molecule has 0 saturated heterocycles. The van der Waals surface area contributed by atoms with Crippen LogP contribution in [0.2, 0.25) is 5.02 Å². The fourth-order valence-corrected chi connectivity index (χ4v) is 2.58. The van der Waals surface area contributed by atoms with Crippen LogP contribution in [0.5, 0.6) is 0 Å². The molecule has 0 bridgehead atoms. The van der Waals surface area contributed by atoms with Gasteiger partial charge in [-0.15, -0.1) is 0 Å². The number of anilines is 1. The first-order valence-electron chi connectivity index (χ1n) is 7.20. The summed E-state index contributed by atoms with van der Waals surface area (Å²) in [5.74, 6) is 0. The number of pyridine rings is 1. The van der Waals surface area contributed by atoms with E-state index < -0.39 is 0 Å². The summed E-state index contributed by atoms with van der Waals surface area (Å²) >= 11 is 6.16. The normalized spacial score (nSPS) is 14.7. The zero-order valence-corrected chi connectivity index (χ0v) is 13.2. The highest BCUT2D eigenvalue weighted by Gasteiger charge is 2.25. The molecule has 2 aromatic heterocycles. The Bertz CT molecular complexity index is 728. The van der Waals surface area contributed by atoms with Gasteiger partial charge in [-0.25, -0.2) is 0 Å². The number of nitrogens with zero attached hydrogens (tertiary/aromatic N) is 3. The summed E-state index contributed by atoms with van der Waals surface area (Å²) in [6, 6.07) is 2.32. The summed E-state index contributed by atoms with van der Waals surface area (Å²) in [6.45, 7) is 5.89. The molecule has 1 saturated carbocycles. The molecule has 0 spiro atoms. The molecule has 0 unspecified atom stereocenters. The third kappa shape index (κ3) is 2.83. The first-order valence-corrected chi connectivity index (χ1v) is 7.58. The van der Waals surface area contributed by atoms with Gasteiger partial charge in [0.05, 0.1) is 22.4 Å². The van der Waals surface area contributed by atoms with E-state index >= 15 is 0 Å². The molecule has 0 aromatic carbocycles. The lowest BCUT2D eigenvalue weighted by Crippen LogP contribution is -2.24. The maximum absolute atomic E-state index is 12.6. The van der Waals surface area contributed by atoms with Crippen LogP contribution in [0, 0.1) is 6.92 Å². The molecule has 21 heavy (non-hydrogen) atoms. The third-order valence-electron chi connectivity index (χ3n) is 3.50. The summed E-state index contributed by atoms with van der Waals surface area (Å²) in [7, 11) is 0. The number of aromatic nitrogens is 3. The van der Waals surface area contributed by atoms with E-state index in [1.807, 2.05) is 31.6 Å². The summed E-state index contributed by atoms with van der Waals surface area (Å²) in [5, 5.41) is 8.17. The fourth-order valence-electron chi connectivity index (χ4n) is 2.38. The monoisotopic (exact) mass is 306 g/mol. The Hall–Kier alpha value is -1.75. The molecule has 0 radical (unpaired) electrons. The second kappa shape index (κ2) is 5.22. The van der Waals surface area contributed by atoms with Gasteiger partial charge >= 0.3 is 0 Å². The van der Waals surface area contributed by atoms with Crippen LogP contribution in [0.3, 0.4) is 0 Å². The van der Waals surface area contributed by atoms with E-state index in [1.165, 1.54) is 0 Å². The lowest BCUT2D eigenvalue weighted by atomic mass is 10.3. The van der Waals surface area contributed by atoms with Crippen molar-refractivity contribution in [2.45, 2.75) is 45.7 Å². The molecule has 1 N–H and O–H groups in total. The average molecular weight is 307 g/mol. The summed E-state index contributed by atoms with van der Waals surface area (Å²) in [6.07, 6.45) is 5.90.